The molecule has 0 radical (unpaired) electrons. The van der Waals surface area contributed by atoms with Crippen molar-refractivity contribution in [2.75, 3.05) is 6.61 Å². The standard InChI is InChI=1S/C8H14O3/c1-6(2)4-8(3,11)7(10)5-9/h9,11H,1,4-5H2,2-3H3/t8-/m0/s1. The van der Waals surface area contributed by atoms with Crippen LogP contribution in [-0.4, -0.2) is 28.2 Å². The van der Waals surface area contributed by atoms with E-state index in [0.29, 0.717) is 0 Å². The molecule has 0 unspecified atom stereocenters. The molecule has 0 amide bonds. The summed E-state index contributed by atoms with van der Waals surface area (Å²) >= 11 is 0. The number of rotatable bonds is 4. The fourth-order valence-electron chi connectivity index (χ4n) is 0.857. The van der Waals surface area contributed by atoms with Crippen molar-refractivity contribution in [2.45, 2.75) is 25.9 Å². The van der Waals surface area contributed by atoms with E-state index in [4.69, 9.17) is 5.11 Å². The summed E-state index contributed by atoms with van der Waals surface area (Å²) in [5, 5.41) is 17.8. The van der Waals surface area contributed by atoms with E-state index in [1.807, 2.05) is 0 Å². The molecule has 0 aromatic heterocycles. The highest BCUT2D eigenvalue weighted by atomic mass is 16.3. The van der Waals surface area contributed by atoms with Crippen molar-refractivity contribution in [3.8, 4) is 0 Å². The normalized spacial score (nSPS) is 15.6. The highest BCUT2D eigenvalue weighted by Crippen LogP contribution is 2.15. The van der Waals surface area contributed by atoms with Crippen LogP contribution in [0.15, 0.2) is 12.2 Å². The molecule has 0 aromatic carbocycles. The zero-order valence-corrected chi connectivity index (χ0v) is 6.92. The predicted molar refractivity (Wildman–Crippen MR) is 42.1 cm³/mol. The third kappa shape index (κ3) is 3.30. The Morgan fingerprint density at radius 3 is 2.36 bits per heavy atom. The average molecular weight is 158 g/mol. The van der Waals surface area contributed by atoms with E-state index >= 15 is 0 Å². The molecule has 0 fully saturated rings. The van der Waals surface area contributed by atoms with Crippen LogP contribution in [0.4, 0.5) is 0 Å². The molecule has 1 atom stereocenters. The molecule has 0 heterocycles. The molecule has 0 aliphatic rings. The largest absolute Gasteiger partial charge is 0.388 e. The molecule has 0 aromatic rings. The molecule has 64 valence electrons. The lowest BCUT2D eigenvalue weighted by Crippen LogP contribution is -2.37. The maximum absolute atomic E-state index is 10.8. The summed E-state index contributed by atoms with van der Waals surface area (Å²) in [7, 11) is 0. The molecule has 11 heavy (non-hydrogen) atoms. The molecular weight excluding hydrogens is 144 g/mol. The van der Waals surface area contributed by atoms with E-state index < -0.39 is 18.0 Å². The highest BCUT2D eigenvalue weighted by Gasteiger charge is 2.28. The van der Waals surface area contributed by atoms with Crippen molar-refractivity contribution in [3.63, 3.8) is 0 Å². The van der Waals surface area contributed by atoms with Gasteiger partial charge in [0.05, 0.1) is 0 Å². The van der Waals surface area contributed by atoms with Crippen LogP contribution >= 0.6 is 0 Å². The van der Waals surface area contributed by atoms with E-state index in [0.717, 1.165) is 5.57 Å². The molecule has 0 spiro atoms. The second kappa shape index (κ2) is 3.64. The molecule has 2 N–H and O–H groups in total. The Balaban J connectivity index is 4.21. The second-order valence-electron chi connectivity index (χ2n) is 2.99. The molecule has 0 rings (SSSR count). The Hall–Kier alpha value is -0.670. The topological polar surface area (TPSA) is 57.5 Å². The Morgan fingerprint density at radius 1 is 1.64 bits per heavy atom. The summed E-state index contributed by atoms with van der Waals surface area (Å²) in [5.41, 5.74) is -0.738. The number of hydrogen-bond donors (Lipinski definition) is 2. The summed E-state index contributed by atoms with van der Waals surface area (Å²) in [6.07, 6.45) is 0.201. The SMILES string of the molecule is C=C(C)C[C@](C)(O)C(=O)CO. The minimum atomic E-state index is -1.46. The number of aliphatic hydroxyl groups excluding tert-OH is 1. The molecular formula is C8H14O3. The molecule has 0 saturated carbocycles. The first-order chi connectivity index (χ1) is 4.90. The van der Waals surface area contributed by atoms with Crippen molar-refractivity contribution < 1.29 is 15.0 Å². The zero-order valence-electron chi connectivity index (χ0n) is 6.92. The van der Waals surface area contributed by atoms with Gasteiger partial charge in [0.25, 0.3) is 0 Å². The number of carbonyl (C=O) groups excluding carboxylic acids is 1. The molecule has 0 bridgehead atoms. The van der Waals surface area contributed by atoms with Gasteiger partial charge in [0, 0.05) is 6.42 Å². The minimum absolute atomic E-state index is 0.201. The van der Waals surface area contributed by atoms with Gasteiger partial charge in [0.2, 0.25) is 0 Å². The Kier molecular flexibility index (Phi) is 3.42. The quantitative estimate of drug-likeness (QED) is 0.577. The van der Waals surface area contributed by atoms with Gasteiger partial charge < -0.3 is 10.2 Å². The average Bonchev–Trinajstić information content (AvgIpc) is 1.83. The van der Waals surface area contributed by atoms with Gasteiger partial charge in [-0.05, 0) is 13.8 Å². The van der Waals surface area contributed by atoms with Crippen LogP contribution in [0, 0.1) is 0 Å². The van der Waals surface area contributed by atoms with Crippen LogP contribution in [0.5, 0.6) is 0 Å². The fraction of sp³-hybridized carbons (Fsp3) is 0.625. The third-order valence-corrected chi connectivity index (χ3v) is 1.39. The van der Waals surface area contributed by atoms with Crippen molar-refractivity contribution in [1.29, 1.82) is 0 Å². The van der Waals surface area contributed by atoms with Gasteiger partial charge in [-0.3, -0.25) is 4.79 Å². The van der Waals surface area contributed by atoms with Crippen molar-refractivity contribution in [2.24, 2.45) is 0 Å². The van der Waals surface area contributed by atoms with Gasteiger partial charge in [-0.1, -0.05) is 5.57 Å². The smallest absolute Gasteiger partial charge is 0.189 e. The maximum atomic E-state index is 10.8. The van der Waals surface area contributed by atoms with Crippen molar-refractivity contribution in [3.05, 3.63) is 12.2 Å². The number of ketones is 1. The first kappa shape index (κ1) is 10.3. The van der Waals surface area contributed by atoms with Crippen molar-refractivity contribution in [1.82, 2.24) is 0 Å². The van der Waals surface area contributed by atoms with Crippen LogP contribution in [0.25, 0.3) is 0 Å². The number of Topliss-reactive ketones (excluding diaryl/α,β-unsaturated/α-hetero) is 1. The first-order valence-corrected chi connectivity index (χ1v) is 3.41. The van der Waals surface area contributed by atoms with Crippen LogP contribution in [0.3, 0.4) is 0 Å². The molecule has 0 saturated heterocycles. The molecule has 3 nitrogen and oxygen atoms in total. The lowest BCUT2D eigenvalue weighted by molar-refractivity contribution is -0.138. The Morgan fingerprint density at radius 2 is 2.09 bits per heavy atom. The summed E-state index contributed by atoms with van der Waals surface area (Å²) < 4.78 is 0. The van der Waals surface area contributed by atoms with E-state index in [2.05, 4.69) is 6.58 Å². The van der Waals surface area contributed by atoms with Gasteiger partial charge in [0.1, 0.15) is 12.2 Å². The van der Waals surface area contributed by atoms with Crippen LogP contribution < -0.4 is 0 Å². The maximum Gasteiger partial charge on any atom is 0.189 e. The summed E-state index contributed by atoms with van der Waals surface area (Å²) in [6, 6.07) is 0. The predicted octanol–water partition coefficient (Wildman–Crippen LogP) is 0.265. The van der Waals surface area contributed by atoms with Gasteiger partial charge in [0.15, 0.2) is 5.78 Å². The fourth-order valence-corrected chi connectivity index (χ4v) is 0.857. The van der Waals surface area contributed by atoms with E-state index in [1.165, 1.54) is 6.92 Å². The Labute approximate surface area is 66.4 Å². The first-order valence-electron chi connectivity index (χ1n) is 3.41. The summed E-state index contributed by atoms with van der Waals surface area (Å²) in [4.78, 5) is 10.8. The second-order valence-corrected chi connectivity index (χ2v) is 2.99. The number of hydrogen-bond acceptors (Lipinski definition) is 3. The van der Waals surface area contributed by atoms with Gasteiger partial charge in [-0.2, -0.15) is 0 Å². The van der Waals surface area contributed by atoms with E-state index in [1.54, 1.807) is 6.92 Å². The monoisotopic (exact) mass is 158 g/mol. The van der Waals surface area contributed by atoms with Gasteiger partial charge >= 0.3 is 0 Å². The zero-order chi connectivity index (χ0) is 9.07. The lowest BCUT2D eigenvalue weighted by Gasteiger charge is -2.20. The van der Waals surface area contributed by atoms with E-state index in [9.17, 15) is 9.90 Å². The summed E-state index contributed by atoms with van der Waals surface area (Å²) in [6.45, 7) is 6.04. The minimum Gasteiger partial charge on any atom is -0.388 e. The number of aliphatic hydroxyl groups is 2. The third-order valence-electron chi connectivity index (χ3n) is 1.39. The Bertz CT molecular complexity index is 170. The molecule has 0 aliphatic heterocycles. The molecule has 3 heteroatoms. The lowest BCUT2D eigenvalue weighted by atomic mass is 9.94. The van der Waals surface area contributed by atoms with Gasteiger partial charge in [-0.25, -0.2) is 0 Å². The van der Waals surface area contributed by atoms with Crippen molar-refractivity contribution >= 4 is 5.78 Å². The van der Waals surface area contributed by atoms with Crippen LogP contribution in [0.1, 0.15) is 20.3 Å². The van der Waals surface area contributed by atoms with Crippen LogP contribution in [0.2, 0.25) is 0 Å². The highest BCUT2D eigenvalue weighted by molar-refractivity contribution is 5.87. The van der Waals surface area contributed by atoms with E-state index in [-0.39, 0.29) is 6.42 Å². The van der Waals surface area contributed by atoms with Gasteiger partial charge in [-0.15, -0.1) is 6.58 Å². The van der Waals surface area contributed by atoms with Crippen LogP contribution in [-0.2, 0) is 4.79 Å². The number of carbonyl (C=O) groups is 1. The summed E-state index contributed by atoms with van der Waals surface area (Å²) in [5.74, 6) is -0.569. The molecule has 0 aliphatic carbocycles.